The molecule has 4 unspecified atom stereocenters. The van der Waals surface area contributed by atoms with E-state index >= 15 is 0 Å². The smallest absolute Gasteiger partial charge is 0.255 e. The van der Waals surface area contributed by atoms with Crippen molar-refractivity contribution in [2.75, 3.05) is 32.2 Å². The average molecular weight is 602 g/mol. The lowest BCUT2D eigenvalue weighted by atomic mass is 10.0. The molecule has 0 radical (unpaired) electrons. The second-order valence-electron chi connectivity index (χ2n) is 10.2. The molecule has 0 aliphatic carbocycles. The molecule has 42 heavy (non-hydrogen) atoms. The molecule has 5 rings (SSSR count). The fraction of sp³-hybridized carbons (Fsp3) is 0.379. The summed E-state index contributed by atoms with van der Waals surface area (Å²) in [4.78, 5) is 36.6. The number of alkyl halides is 1. The van der Waals surface area contributed by atoms with Crippen molar-refractivity contribution in [1.29, 1.82) is 0 Å². The lowest BCUT2D eigenvalue weighted by molar-refractivity contribution is -0.126. The highest BCUT2D eigenvalue weighted by atomic mass is 35.5. The van der Waals surface area contributed by atoms with Gasteiger partial charge in [0.2, 0.25) is 11.9 Å². The van der Waals surface area contributed by atoms with E-state index < -0.39 is 42.6 Å². The lowest BCUT2D eigenvalue weighted by Gasteiger charge is -2.26. The summed E-state index contributed by atoms with van der Waals surface area (Å²) in [6.45, 7) is 1.71. The first kappa shape index (κ1) is 29.6. The van der Waals surface area contributed by atoms with Crippen molar-refractivity contribution in [3.8, 4) is 17.0 Å². The topological polar surface area (TPSA) is 126 Å². The predicted molar refractivity (Wildman–Crippen MR) is 150 cm³/mol. The minimum Gasteiger partial charge on any atom is -0.497 e. The standard InChI is InChI=1S/C29H30ClF2N5O5/c1-15(27(39)34-25(13-38)18-7-19(31)10-20(8-18)41-2)37-12-17-4-3-16(9-21(17)28(37)40)26-22(30)11-33-29(36-26)35-24-5-6-42-14-23(24)32/h3-4,7-11,15,23-25,38H,5-6,12-14H2,1-2H3,(H,34,39)(H,33,35,36). The molecule has 1 saturated heterocycles. The van der Waals surface area contributed by atoms with Crippen LogP contribution >= 0.6 is 11.6 Å². The molecule has 2 aromatic carbocycles. The van der Waals surface area contributed by atoms with E-state index in [2.05, 4.69) is 20.6 Å². The number of carbonyl (C=O) groups excluding carboxylic acids is 2. The van der Waals surface area contributed by atoms with E-state index in [9.17, 15) is 23.5 Å². The van der Waals surface area contributed by atoms with Crippen LogP contribution in [0.1, 0.15) is 40.9 Å². The van der Waals surface area contributed by atoms with Crippen LogP contribution in [0, 0.1) is 5.82 Å². The first-order chi connectivity index (χ1) is 20.2. The highest BCUT2D eigenvalue weighted by molar-refractivity contribution is 6.33. The molecule has 2 aliphatic rings. The Hall–Kier alpha value is -3.87. The van der Waals surface area contributed by atoms with Crippen LogP contribution in [0.2, 0.25) is 5.02 Å². The SMILES string of the molecule is COc1cc(F)cc(C(CO)NC(=O)C(C)N2Cc3ccc(-c4nc(NC5CCOCC5F)ncc4Cl)cc3C2=O)c1. The first-order valence-electron chi connectivity index (χ1n) is 13.4. The van der Waals surface area contributed by atoms with Crippen molar-refractivity contribution >= 4 is 29.4 Å². The molecule has 2 amide bonds. The summed E-state index contributed by atoms with van der Waals surface area (Å²) in [5, 5.41) is 15.9. The van der Waals surface area contributed by atoms with E-state index in [1.54, 1.807) is 25.1 Å². The number of anilines is 1. The first-order valence-corrected chi connectivity index (χ1v) is 13.8. The number of nitrogens with one attached hydrogen (secondary N) is 2. The number of fused-ring (bicyclic) bond motifs is 1. The summed E-state index contributed by atoms with van der Waals surface area (Å²) < 4.78 is 38.5. The van der Waals surface area contributed by atoms with Gasteiger partial charge in [-0.25, -0.2) is 18.7 Å². The van der Waals surface area contributed by atoms with Crippen molar-refractivity contribution in [3.05, 3.63) is 70.1 Å². The maximum absolute atomic E-state index is 14.2. The summed E-state index contributed by atoms with van der Waals surface area (Å²) in [6.07, 6.45) is 0.680. The number of nitrogens with zero attached hydrogens (tertiary/aromatic N) is 3. The minimum atomic E-state index is -1.20. The molecular formula is C29H30ClF2N5O5. The number of hydrogen-bond donors (Lipinski definition) is 3. The zero-order valence-electron chi connectivity index (χ0n) is 22.9. The molecule has 0 bridgehead atoms. The van der Waals surface area contributed by atoms with Crippen molar-refractivity contribution < 1.29 is 33.0 Å². The number of rotatable bonds is 9. The van der Waals surface area contributed by atoms with Gasteiger partial charge in [0.05, 0.1) is 49.3 Å². The second kappa shape index (κ2) is 12.6. The van der Waals surface area contributed by atoms with Crippen LogP contribution in [0.25, 0.3) is 11.3 Å². The average Bonchev–Trinajstić information content (AvgIpc) is 3.32. The summed E-state index contributed by atoms with van der Waals surface area (Å²) in [5.41, 5.74) is 2.35. The molecule has 3 heterocycles. The van der Waals surface area contributed by atoms with Gasteiger partial charge in [-0.15, -0.1) is 0 Å². The van der Waals surface area contributed by atoms with E-state index in [1.165, 1.54) is 36.4 Å². The summed E-state index contributed by atoms with van der Waals surface area (Å²) in [5.74, 6) is -1.01. The number of methoxy groups -OCH3 is 1. The second-order valence-corrected chi connectivity index (χ2v) is 10.6. The molecule has 222 valence electrons. The Kier molecular flexibility index (Phi) is 8.85. The molecule has 1 fully saturated rings. The molecule has 3 aromatic rings. The van der Waals surface area contributed by atoms with Crippen LogP contribution in [0.3, 0.4) is 0 Å². The Bertz CT molecular complexity index is 1490. The van der Waals surface area contributed by atoms with Gasteiger partial charge in [-0.3, -0.25) is 9.59 Å². The molecule has 0 spiro atoms. The number of aliphatic hydroxyl groups excluding tert-OH is 1. The molecular weight excluding hydrogens is 572 g/mol. The molecule has 10 nitrogen and oxygen atoms in total. The van der Waals surface area contributed by atoms with Crippen LogP contribution in [0.15, 0.2) is 42.6 Å². The number of amides is 2. The Labute approximate surface area is 246 Å². The third-order valence-corrected chi connectivity index (χ3v) is 7.72. The highest BCUT2D eigenvalue weighted by Crippen LogP contribution is 2.33. The molecule has 1 aromatic heterocycles. The van der Waals surface area contributed by atoms with E-state index in [0.29, 0.717) is 41.0 Å². The summed E-state index contributed by atoms with van der Waals surface area (Å²) in [7, 11) is 1.39. The van der Waals surface area contributed by atoms with E-state index in [-0.39, 0.29) is 35.8 Å². The maximum Gasteiger partial charge on any atom is 0.255 e. The maximum atomic E-state index is 14.2. The van der Waals surface area contributed by atoms with Gasteiger partial charge in [0.1, 0.15) is 23.8 Å². The van der Waals surface area contributed by atoms with Crippen LogP contribution in [0.5, 0.6) is 5.75 Å². The van der Waals surface area contributed by atoms with Gasteiger partial charge in [0.25, 0.3) is 5.91 Å². The van der Waals surface area contributed by atoms with Gasteiger partial charge in [0, 0.05) is 30.3 Å². The van der Waals surface area contributed by atoms with Crippen LogP contribution in [-0.4, -0.2) is 77.0 Å². The fourth-order valence-corrected chi connectivity index (χ4v) is 5.23. The molecule has 3 N–H and O–H groups in total. The predicted octanol–water partition coefficient (Wildman–Crippen LogP) is 3.68. The molecule has 2 aliphatic heterocycles. The number of carbonyl (C=O) groups is 2. The van der Waals surface area contributed by atoms with Crippen molar-refractivity contribution in [2.24, 2.45) is 0 Å². The van der Waals surface area contributed by atoms with Gasteiger partial charge < -0.3 is 30.1 Å². The summed E-state index contributed by atoms with van der Waals surface area (Å²) in [6, 6.07) is 6.79. The minimum absolute atomic E-state index is 0.00178. The number of halogens is 3. The fourth-order valence-electron chi connectivity index (χ4n) is 5.03. The van der Waals surface area contributed by atoms with Crippen molar-refractivity contribution in [2.45, 2.75) is 44.2 Å². The zero-order chi connectivity index (χ0) is 30.0. The highest BCUT2D eigenvalue weighted by Gasteiger charge is 2.35. The molecule has 13 heteroatoms. The Morgan fingerprint density at radius 1 is 1.31 bits per heavy atom. The van der Waals surface area contributed by atoms with Crippen molar-refractivity contribution in [1.82, 2.24) is 20.2 Å². The van der Waals surface area contributed by atoms with Crippen LogP contribution in [-0.2, 0) is 16.1 Å². The summed E-state index contributed by atoms with van der Waals surface area (Å²) >= 11 is 6.40. The molecule has 0 saturated carbocycles. The number of aromatic nitrogens is 2. The zero-order valence-corrected chi connectivity index (χ0v) is 23.7. The Morgan fingerprint density at radius 3 is 2.86 bits per heavy atom. The number of hydrogen-bond acceptors (Lipinski definition) is 8. The van der Waals surface area contributed by atoms with Gasteiger partial charge in [-0.05, 0) is 42.7 Å². The number of ether oxygens (including phenoxy) is 2. The Morgan fingerprint density at radius 2 is 2.12 bits per heavy atom. The van der Waals surface area contributed by atoms with E-state index in [4.69, 9.17) is 21.1 Å². The third-order valence-electron chi connectivity index (χ3n) is 7.44. The van der Waals surface area contributed by atoms with Gasteiger partial charge in [-0.1, -0.05) is 23.7 Å². The number of aliphatic hydroxyl groups is 1. The van der Waals surface area contributed by atoms with Crippen LogP contribution in [0.4, 0.5) is 14.7 Å². The van der Waals surface area contributed by atoms with E-state index in [0.717, 1.165) is 0 Å². The Balaban J connectivity index is 1.31. The number of benzene rings is 2. The van der Waals surface area contributed by atoms with Gasteiger partial charge in [0.15, 0.2) is 0 Å². The van der Waals surface area contributed by atoms with Crippen molar-refractivity contribution in [3.63, 3.8) is 0 Å². The van der Waals surface area contributed by atoms with Crippen LogP contribution < -0.4 is 15.4 Å². The lowest BCUT2D eigenvalue weighted by Crippen LogP contribution is -2.46. The third kappa shape index (κ3) is 6.15. The van der Waals surface area contributed by atoms with Gasteiger partial charge in [-0.2, -0.15) is 0 Å². The molecule has 4 atom stereocenters. The van der Waals surface area contributed by atoms with E-state index in [1.807, 2.05) is 0 Å². The largest absolute Gasteiger partial charge is 0.497 e. The van der Waals surface area contributed by atoms with Gasteiger partial charge >= 0.3 is 0 Å². The normalized spacial score (nSPS) is 19.7. The quantitative estimate of drug-likeness (QED) is 0.339. The monoisotopic (exact) mass is 601 g/mol.